The van der Waals surface area contributed by atoms with Gasteiger partial charge in [0.2, 0.25) is 0 Å². The molecule has 126 valence electrons. The molecule has 2 aromatic rings. The minimum absolute atomic E-state index is 0.158. The van der Waals surface area contributed by atoms with Crippen LogP contribution in [0.5, 0.6) is 0 Å². The molecule has 0 saturated heterocycles. The number of hydrogen-bond acceptors (Lipinski definition) is 5. The van der Waals surface area contributed by atoms with Gasteiger partial charge in [-0.1, -0.05) is 18.2 Å². The normalized spacial score (nSPS) is 11.6. The summed E-state index contributed by atoms with van der Waals surface area (Å²) in [7, 11) is 0. The number of aliphatic hydroxyl groups excluding tert-OH is 1. The smallest absolute Gasteiger partial charge is 0.401 e. The van der Waals surface area contributed by atoms with Gasteiger partial charge in [0.05, 0.1) is 18.2 Å². The van der Waals surface area contributed by atoms with E-state index >= 15 is 0 Å². The fourth-order valence-electron chi connectivity index (χ4n) is 1.87. The van der Waals surface area contributed by atoms with Gasteiger partial charge < -0.3 is 14.8 Å². The molecule has 0 fully saturated rings. The first kappa shape index (κ1) is 17.4. The Morgan fingerprint density at radius 2 is 1.92 bits per heavy atom. The second-order valence-electron chi connectivity index (χ2n) is 5.88. The van der Waals surface area contributed by atoms with E-state index in [0.717, 1.165) is 5.56 Å². The molecule has 0 radical (unpaired) electrons. The van der Waals surface area contributed by atoms with E-state index in [1.165, 1.54) is 12.1 Å². The summed E-state index contributed by atoms with van der Waals surface area (Å²) in [5.41, 5.74) is 0.596. The predicted octanol–water partition coefficient (Wildman–Crippen LogP) is 2.86. The van der Waals surface area contributed by atoms with Crippen molar-refractivity contribution in [3.05, 3.63) is 63.4 Å². The monoisotopic (exact) mass is 330 g/mol. The Kier molecular flexibility index (Phi) is 5.15. The van der Waals surface area contributed by atoms with Crippen molar-refractivity contribution >= 4 is 23.9 Å². The van der Waals surface area contributed by atoms with Crippen molar-refractivity contribution in [3.63, 3.8) is 0 Å². The number of carbonyl (C=O) groups excluding carboxylic acids is 1. The van der Waals surface area contributed by atoms with Gasteiger partial charge in [0, 0.05) is 5.56 Å². The summed E-state index contributed by atoms with van der Waals surface area (Å²) < 4.78 is 5.02. The summed E-state index contributed by atoms with van der Waals surface area (Å²) in [5.74, 6) is -0.215. The van der Waals surface area contributed by atoms with Crippen molar-refractivity contribution in [2.45, 2.75) is 19.4 Å². The van der Waals surface area contributed by atoms with Crippen molar-refractivity contribution < 1.29 is 19.2 Å². The molecule has 2 rings (SSSR count). The Labute approximate surface area is 138 Å². The van der Waals surface area contributed by atoms with Crippen molar-refractivity contribution in [1.82, 2.24) is 5.32 Å². The average Bonchev–Trinajstić information content (AvgIpc) is 3.02. The van der Waals surface area contributed by atoms with Gasteiger partial charge in [-0.05, 0) is 43.7 Å². The molecule has 1 aromatic carbocycles. The highest BCUT2D eigenvalue weighted by Crippen LogP contribution is 2.18. The van der Waals surface area contributed by atoms with Crippen molar-refractivity contribution in [3.8, 4) is 0 Å². The van der Waals surface area contributed by atoms with Crippen LogP contribution in [0, 0.1) is 10.1 Å². The molecule has 0 spiro atoms. The van der Waals surface area contributed by atoms with Crippen LogP contribution in [0.1, 0.15) is 35.5 Å². The zero-order valence-corrected chi connectivity index (χ0v) is 13.4. The molecule has 0 aliphatic carbocycles. The maximum atomic E-state index is 12.1. The Bertz CT molecular complexity index is 760. The van der Waals surface area contributed by atoms with Crippen LogP contribution in [-0.4, -0.2) is 28.1 Å². The maximum Gasteiger partial charge on any atom is 0.433 e. The third-order valence-electron chi connectivity index (χ3n) is 3.25. The minimum Gasteiger partial charge on any atom is -0.401 e. The summed E-state index contributed by atoms with van der Waals surface area (Å²) in [6, 6.07) is 9.60. The topological polar surface area (TPSA) is 106 Å². The molecule has 1 heterocycles. The number of aliphatic hydroxyl groups is 1. The Morgan fingerprint density at radius 1 is 1.25 bits per heavy atom. The van der Waals surface area contributed by atoms with E-state index in [1.807, 2.05) is 0 Å². The molecule has 0 unspecified atom stereocenters. The summed E-state index contributed by atoms with van der Waals surface area (Å²) in [6.45, 7) is 3.30. The molecule has 7 heteroatoms. The zero-order chi connectivity index (χ0) is 17.7. The van der Waals surface area contributed by atoms with E-state index in [9.17, 15) is 20.0 Å². The van der Waals surface area contributed by atoms with Crippen molar-refractivity contribution in [1.29, 1.82) is 0 Å². The van der Waals surface area contributed by atoms with Crippen LogP contribution < -0.4 is 5.32 Å². The van der Waals surface area contributed by atoms with Gasteiger partial charge in [0.15, 0.2) is 0 Å². The van der Waals surface area contributed by atoms with E-state index in [0.29, 0.717) is 11.3 Å². The average molecular weight is 330 g/mol. The van der Waals surface area contributed by atoms with Gasteiger partial charge in [-0.2, -0.15) is 0 Å². The molecule has 2 N–H and O–H groups in total. The largest absolute Gasteiger partial charge is 0.433 e. The number of benzene rings is 1. The zero-order valence-electron chi connectivity index (χ0n) is 13.4. The first-order valence-corrected chi connectivity index (χ1v) is 7.26. The molecular formula is C17H18N2O5. The molecule has 0 saturated carbocycles. The number of nitro groups is 1. The van der Waals surface area contributed by atoms with Crippen LogP contribution in [0.3, 0.4) is 0 Å². The number of hydrogen-bond donors (Lipinski definition) is 2. The number of nitrogens with zero attached hydrogens (tertiary/aromatic N) is 1. The Hall–Kier alpha value is -2.93. The summed E-state index contributed by atoms with van der Waals surface area (Å²) in [6.07, 6.45) is 3.33. The molecule has 0 bridgehead atoms. The Balaban J connectivity index is 2.04. The quantitative estimate of drug-likeness (QED) is 0.626. The lowest BCUT2D eigenvalue weighted by molar-refractivity contribution is -0.402. The predicted molar refractivity (Wildman–Crippen MR) is 89.4 cm³/mol. The number of rotatable bonds is 6. The second-order valence-corrected chi connectivity index (χ2v) is 5.88. The molecule has 0 aliphatic heterocycles. The highest BCUT2D eigenvalue weighted by molar-refractivity contribution is 5.94. The molecule has 1 aromatic heterocycles. The van der Waals surface area contributed by atoms with E-state index in [4.69, 9.17) is 4.42 Å². The van der Waals surface area contributed by atoms with Gasteiger partial charge in [-0.25, -0.2) is 0 Å². The summed E-state index contributed by atoms with van der Waals surface area (Å²) >= 11 is 0. The molecular weight excluding hydrogens is 312 g/mol. The fraction of sp³-hybridized carbons (Fsp3) is 0.235. The van der Waals surface area contributed by atoms with Crippen LogP contribution in [-0.2, 0) is 0 Å². The van der Waals surface area contributed by atoms with E-state index in [-0.39, 0.29) is 18.4 Å². The molecule has 1 amide bonds. The minimum atomic E-state index is -0.691. The van der Waals surface area contributed by atoms with Crippen LogP contribution in [0.4, 0.5) is 5.88 Å². The molecule has 0 atom stereocenters. The third kappa shape index (κ3) is 4.53. The lowest BCUT2D eigenvalue weighted by Gasteiger charge is -2.23. The molecule has 24 heavy (non-hydrogen) atoms. The lowest BCUT2D eigenvalue weighted by atomic mass is 10.1. The van der Waals surface area contributed by atoms with E-state index in [2.05, 4.69) is 5.32 Å². The van der Waals surface area contributed by atoms with Crippen molar-refractivity contribution in [2.24, 2.45) is 0 Å². The SMILES string of the molecule is CC(C)(CO)NC(=O)c1ccc(C=Cc2ccc([N+](=O)[O-])o2)cc1. The second kappa shape index (κ2) is 7.10. The van der Waals surface area contributed by atoms with Gasteiger partial charge in [-0.15, -0.1) is 0 Å². The standard InChI is InChI=1S/C17H18N2O5/c1-17(2,11-20)18-16(21)13-6-3-12(4-7-13)5-8-14-9-10-15(24-14)19(22)23/h3-10,20H,11H2,1-2H3,(H,18,21). The summed E-state index contributed by atoms with van der Waals surface area (Å²) in [5, 5.41) is 22.4. The number of carbonyl (C=O) groups is 1. The molecule has 7 nitrogen and oxygen atoms in total. The first-order chi connectivity index (χ1) is 11.3. The van der Waals surface area contributed by atoms with E-state index < -0.39 is 10.5 Å². The Morgan fingerprint density at radius 3 is 2.46 bits per heavy atom. The molecule has 0 aliphatic rings. The highest BCUT2D eigenvalue weighted by Gasteiger charge is 2.19. The van der Waals surface area contributed by atoms with E-state index in [1.54, 1.807) is 50.3 Å². The number of nitrogens with one attached hydrogen (secondary N) is 1. The lowest BCUT2D eigenvalue weighted by Crippen LogP contribution is -2.46. The first-order valence-electron chi connectivity index (χ1n) is 7.26. The van der Waals surface area contributed by atoms with Gasteiger partial charge in [0.25, 0.3) is 5.91 Å². The van der Waals surface area contributed by atoms with Crippen LogP contribution >= 0.6 is 0 Å². The fourth-order valence-corrected chi connectivity index (χ4v) is 1.87. The number of furan rings is 1. The van der Waals surface area contributed by atoms with Crippen LogP contribution in [0.15, 0.2) is 40.8 Å². The third-order valence-corrected chi connectivity index (χ3v) is 3.25. The van der Waals surface area contributed by atoms with Gasteiger partial charge >= 0.3 is 5.88 Å². The van der Waals surface area contributed by atoms with Crippen LogP contribution in [0.2, 0.25) is 0 Å². The number of amides is 1. The van der Waals surface area contributed by atoms with Crippen molar-refractivity contribution in [2.75, 3.05) is 6.61 Å². The van der Waals surface area contributed by atoms with Crippen LogP contribution in [0.25, 0.3) is 12.2 Å². The summed E-state index contributed by atoms with van der Waals surface area (Å²) in [4.78, 5) is 22.0. The van der Waals surface area contributed by atoms with Gasteiger partial charge in [0.1, 0.15) is 10.7 Å². The van der Waals surface area contributed by atoms with Gasteiger partial charge in [-0.3, -0.25) is 14.9 Å². The maximum absolute atomic E-state index is 12.1. The highest BCUT2D eigenvalue weighted by atomic mass is 16.6.